The number of fused-ring (bicyclic) bond motifs is 9. The Hall–Kier alpha value is -5.57. The molecule has 0 amide bonds. The zero-order chi connectivity index (χ0) is 36.4. The van der Waals surface area contributed by atoms with Crippen molar-refractivity contribution < 1.29 is 14.0 Å². The number of hydrogen-bond acceptors (Lipinski definition) is 3. The zero-order valence-corrected chi connectivity index (χ0v) is 31.7. The molecule has 8 aromatic rings. The molecule has 0 N–H and O–H groups in total. The van der Waals surface area contributed by atoms with Crippen LogP contribution in [0.25, 0.3) is 49.4 Å². The minimum absolute atomic E-state index is 0.0409. The Balaban J connectivity index is 1.12. The van der Waals surface area contributed by atoms with Gasteiger partial charge in [-0.3, -0.25) is 0 Å². The maximum Gasteiger partial charge on any atom is 0.186 e. The minimum Gasteiger partial charge on any atom is -0.456 e. The third-order valence-corrected chi connectivity index (χ3v) is 14.3. The van der Waals surface area contributed by atoms with Gasteiger partial charge in [-0.1, -0.05) is 108 Å². The van der Waals surface area contributed by atoms with E-state index in [0.717, 1.165) is 32.9 Å². The molecule has 0 saturated carbocycles. The molecule has 53 heavy (non-hydrogen) atoms. The normalized spacial score (nSPS) is 16.2. The number of nitrogens with zero attached hydrogens (tertiary/aromatic N) is 1. The van der Waals surface area contributed by atoms with Gasteiger partial charge in [0.15, 0.2) is 7.14 Å². The number of para-hydroxylation sites is 1. The van der Waals surface area contributed by atoms with Crippen LogP contribution >= 0.6 is 7.14 Å². The largest absolute Gasteiger partial charge is 0.456 e. The molecule has 0 radical (unpaired) electrons. The fourth-order valence-electron chi connectivity index (χ4n) is 8.29. The Kier molecular flexibility index (Phi) is 6.65. The maximum absolute atomic E-state index is 15.8. The van der Waals surface area contributed by atoms with Gasteiger partial charge in [-0.05, 0) is 111 Å². The van der Waals surface area contributed by atoms with Gasteiger partial charge in [0.2, 0.25) is 0 Å². The first-order chi connectivity index (χ1) is 25.4. The van der Waals surface area contributed by atoms with E-state index in [2.05, 4.69) is 113 Å². The van der Waals surface area contributed by atoms with Gasteiger partial charge in [0, 0.05) is 16.5 Å². The number of aromatic nitrogens is 1. The Labute approximate surface area is 310 Å². The molecule has 1 aromatic heterocycles. The van der Waals surface area contributed by atoms with Crippen molar-refractivity contribution in [2.75, 3.05) is 0 Å². The van der Waals surface area contributed by atoms with Crippen molar-refractivity contribution in [1.29, 1.82) is 0 Å². The van der Waals surface area contributed by atoms with Gasteiger partial charge in [0.1, 0.15) is 28.3 Å². The van der Waals surface area contributed by atoms with Crippen LogP contribution < -0.4 is 25.4 Å². The molecular formula is C48H40NO3P. The number of ether oxygens (including phenoxy) is 2. The number of hydrogen-bond donors (Lipinski definition) is 0. The first kappa shape index (κ1) is 32.1. The molecule has 2 aliphatic heterocycles. The predicted octanol–water partition coefficient (Wildman–Crippen LogP) is 12.0. The molecule has 3 heterocycles. The quantitative estimate of drug-likeness (QED) is 0.168. The highest BCUT2D eigenvalue weighted by Gasteiger charge is 2.47. The molecule has 260 valence electrons. The van der Waals surface area contributed by atoms with Crippen LogP contribution in [0.1, 0.15) is 52.7 Å². The summed E-state index contributed by atoms with van der Waals surface area (Å²) >= 11 is 0. The number of rotatable bonds is 2. The lowest BCUT2D eigenvalue weighted by molar-refractivity contribution is 0.462. The van der Waals surface area contributed by atoms with Crippen molar-refractivity contribution in [2.45, 2.75) is 52.4 Å². The molecule has 1 atom stereocenters. The second kappa shape index (κ2) is 11.0. The summed E-state index contributed by atoms with van der Waals surface area (Å²) in [6.07, 6.45) is 0. The first-order valence-electron chi connectivity index (χ1n) is 18.4. The standard InChI is InChI=1S/C48H40NO3P/c1-47(2,3)32-18-22-38-36(27-32)37-28-33(48(4,5)6)19-23-39(37)49(38)34-20-15-29(16-21-34)31-25-42-46-43(26-31)52-41-24-17-30-11-7-8-12-35(30)45(41)53(46,50)44-14-10-9-13-40(44)51-42/h7-28H,1-6H3. The zero-order valence-electron chi connectivity index (χ0n) is 30.8. The van der Waals surface area contributed by atoms with Crippen LogP contribution in [0.5, 0.6) is 23.0 Å². The lowest BCUT2D eigenvalue weighted by Gasteiger charge is -2.35. The summed E-state index contributed by atoms with van der Waals surface area (Å²) in [6.45, 7) is 13.6. The topological polar surface area (TPSA) is 40.5 Å². The predicted molar refractivity (Wildman–Crippen MR) is 221 cm³/mol. The average Bonchev–Trinajstić information content (AvgIpc) is 3.47. The van der Waals surface area contributed by atoms with E-state index in [-0.39, 0.29) is 10.8 Å². The number of benzene rings is 7. The van der Waals surface area contributed by atoms with Crippen molar-refractivity contribution >= 4 is 55.6 Å². The van der Waals surface area contributed by atoms with Crippen molar-refractivity contribution in [3.05, 3.63) is 145 Å². The van der Waals surface area contributed by atoms with Crippen LogP contribution in [0.3, 0.4) is 0 Å². The van der Waals surface area contributed by atoms with E-state index in [9.17, 15) is 0 Å². The van der Waals surface area contributed by atoms with E-state index in [1.807, 2.05) is 66.7 Å². The van der Waals surface area contributed by atoms with Crippen molar-refractivity contribution in [3.8, 4) is 39.8 Å². The van der Waals surface area contributed by atoms with E-state index in [1.54, 1.807) is 0 Å². The van der Waals surface area contributed by atoms with Crippen LogP contribution in [0, 0.1) is 0 Å². The van der Waals surface area contributed by atoms with Crippen molar-refractivity contribution in [2.24, 2.45) is 0 Å². The van der Waals surface area contributed by atoms with Crippen LogP contribution in [0.15, 0.2) is 133 Å². The smallest absolute Gasteiger partial charge is 0.186 e. The van der Waals surface area contributed by atoms with Gasteiger partial charge >= 0.3 is 0 Å². The monoisotopic (exact) mass is 709 g/mol. The van der Waals surface area contributed by atoms with Gasteiger partial charge in [-0.2, -0.15) is 0 Å². The lowest BCUT2D eigenvalue weighted by atomic mass is 9.85. The van der Waals surface area contributed by atoms with Crippen LogP contribution in [0.4, 0.5) is 0 Å². The van der Waals surface area contributed by atoms with Gasteiger partial charge < -0.3 is 18.6 Å². The minimum atomic E-state index is -3.34. The van der Waals surface area contributed by atoms with Crippen molar-refractivity contribution in [3.63, 3.8) is 0 Å². The Morgan fingerprint density at radius 3 is 1.72 bits per heavy atom. The molecule has 7 aromatic carbocycles. The summed E-state index contributed by atoms with van der Waals surface area (Å²) < 4.78 is 31.4. The van der Waals surface area contributed by atoms with Crippen molar-refractivity contribution in [1.82, 2.24) is 4.57 Å². The molecule has 0 saturated heterocycles. The SMILES string of the molecule is CC(C)(C)c1ccc2c(c1)c1cc(C(C)(C)C)ccc1n2-c1ccc(-c2cc3c4c(c2)Oc2ccc5ccccc5c2P4(=O)c2ccccc2O3)cc1. The van der Waals surface area contributed by atoms with E-state index < -0.39 is 7.14 Å². The average molecular weight is 710 g/mol. The van der Waals surface area contributed by atoms with Gasteiger partial charge in [0.05, 0.1) is 21.6 Å². The highest BCUT2D eigenvalue weighted by atomic mass is 31.2. The van der Waals surface area contributed by atoms with Gasteiger partial charge in [0.25, 0.3) is 0 Å². The fourth-order valence-corrected chi connectivity index (χ4v) is 11.5. The highest BCUT2D eigenvalue weighted by Crippen LogP contribution is 2.60. The fraction of sp³-hybridized carbons (Fsp3) is 0.167. The molecule has 4 nitrogen and oxygen atoms in total. The summed E-state index contributed by atoms with van der Waals surface area (Å²) in [5.74, 6) is 2.41. The summed E-state index contributed by atoms with van der Waals surface area (Å²) in [7, 11) is -3.34. The maximum atomic E-state index is 15.8. The summed E-state index contributed by atoms with van der Waals surface area (Å²) in [4.78, 5) is 0. The molecule has 5 heteroatoms. The third-order valence-electron chi connectivity index (χ3n) is 11.1. The van der Waals surface area contributed by atoms with Crippen LogP contribution in [-0.2, 0) is 15.4 Å². The molecule has 0 spiro atoms. The molecule has 0 aliphatic carbocycles. The highest BCUT2D eigenvalue weighted by molar-refractivity contribution is 7.86. The second-order valence-electron chi connectivity index (χ2n) is 16.6. The van der Waals surface area contributed by atoms with E-state index in [4.69, 9.17) is 9.47 Å². The van der Waals surface area contributed by atoms with E-state index in [0.29, 0.717) is 33.6 Å². The van der Waals surface area contributed by atoms with Gasteiger partial charge in [-0.25, -0.2) is 0 Å². The molecule has 2 aliphatic rings. The molecule has 1 unspecified atom stereocenters. The Bertz CT molecular complexity index is 2800. The summed E-state index contributed by atoms with van der Waals surface area (Å²) in [5.41, 5.74) is 8.15. The first-order valence-corrected chi connectivity index (χ1v) is 20.1. The molecule has 10 rings (SSSR count). The molecule has 0 bridgehead atoms. The third kappa shape index (κ3) is 4.71. The molecular weight excluding hydrogens is 670 g/mol. The van der Waals surface area contributed by atoms with E-state index >= 15 is 4.57 Å². The lowest BCUT2D eigenvalue weighted by Crippen LogP contribution is -2.35. The second-order valence-corrected chi connectivity index (χ2v) is 19.2. The Morgan fingerprint density at radius 2 is 1.08 bits per heavy atom. The summed E-state index contributed by atoms with van der Waals surface area (Å²) in [5, 5.41) is 6.59. The Morgan fingerprint density at radius 1 is 0.491 bits per heavy atom. The van der Waals surface area contributed by atoms with Crippen LogP contribution in [-0.4, -0.2) is 4.57 Å². The summed E-state index contributed by atoms with van der Waals surface area (Å²) in [6, 6.07) is 46.5. The van der Waals surface area contributed by atoms with Crippen LogP contribution in [0.2, 0.25) is 0 Å². The molecule has 0 fully saturated rings. The van der Waals surface area contributed by atoms with Gasteiger partial charge in [-0.15, -0.1) is 0 Å². The van der Waals surface area contributed by atoms with E-state index in [1.165, 1.54) is 32.9 Å².